The number of H-pyrrole nitrogens is 1. The van der Waals surface area contributed by atoms with Crippen molar-refractivity contribution in [2.24, 2.45) is 0 Å². The lowest BCUT2D eigenvalue weighted by Crippen LogP contribution is -1.90. The number of benzene rings is 2. The summed E-state index contributed by atoms with van der Waals surface area (Å²) in [6.45, 7) is 0. The lowest BCUT2D eigenvalue weighted by molar-refractivity contribution is 0.436. The fraction of sp³-hybridized carbons (Fsp3) is 0. The maximum Gasteiger partial charge on any atom is 0.168 e. The molecular formula is C13H7BrF2N2O. The minimum absolute atomic E-state index is 0.0445. The second kappa shape index (κ2) is 4.62. The van der Waals surface area contributed by atoms with Gasteiger partial charge in [0.15, 0.2) is 11.6 Å². The topological polar surface area (TPSA) is 37.9 Å². The average molecular weight is 325 g/mol. The van der Waals surface area contributed by atoms with Gasteiger partial charge in [0.25, 0.3) is 0 Å². The largest absolute Gasteiger partial charge is 0.453 e. The van der Waals surface area contributed by atoms with Crippen LogP contribution < -0.4 is 4.74 Å². The van der Waals surface area contributed by atoms with Gasteiger partial charge in [-0.1, -0.05) is 0 Å². The number of fused-ring (bicyclic) bond motifs is 1. The lowest BCUT2D eigenvalue weighted by atomic mass is 10.3. The molecule has 0 aliphatic rings. The van der Waals surface area contributed by atoms with Gasteiger partial charge < -0.3 is 9.72 Å². The first-order chi connectivity index (χ1) is 9.13. The van der Waals surface area contributed by atoms with Crippen LogP contribution in [0.3, 0.4) is 0 Å². The second-order valence-corrected chi connectivity index (χ2v) is 4.73. The summed E-state index contributed by atoms with van der Waals surface area (Å²) in [5.41, 5.74) is 1.53. The third-order valence-electron chi connectivity index (χ3n) is 2.59. The standard InChI is InChI=1S/C13H7BrF2N2O/c14-8-4-10-11(18-6-17-10)5-13(8)19-12-2-1-7(15)3-9(12)16/h1-6H,(H,17,18). The maximum atomic E-state index is 13.5. The van der Waals surface area contributed by atoms with Crippen LogP contribution in [0.5, 0.6) is 11.5 Å². The van der Waals surface area contributed by atoms with E-state index >= 15 is 0 Å². The Hall–Kier alpha value is -1.95. The first kappa shape index (κ1) is 12.1. The van der Waals surface area contributed by atoms with Crippen molar-refractivity contribution in [2.45, 2.75) is 0 Å². The molecule has 0 bridgehead atoms. The number of aromatic amines is 1. The Morgan fingerprint density at radius 2 is 1.95 bits per heavy atom. The van der Waals surface area contributed by atoms with Gasteiger partial charge in [-0.05, 0) is 34.1 Å². The Morgan fingerprint density at radius 3 is 2.74 bits per heavy atom. The normalized spacial score (nSPS) is 10.9. The summed E-state index contributed by atoms with van der Waals surface area (Å²) in [5.74, 6) is -1.04. The first-order valence-electron chi connectivity index (χ1n) is 5.39. The van der Waals surface area contributed by atoms with Crippen molar-refractivity contribution in [3.63, 3.8) is 0 Å². The third kappa shape index (κ3) is 2.31. The van der Waals surface area contributed by atoms with Crippen LogP contribution in [0.4, 0.5) is 8.78 Å². The number of nitrogens with zero attached hydrogens (tertiary/aromatic N) is 1. The quantitative estimate of drug-likeness (QED) is 0.758. The lowest BCUT2D eigenvalue weighted by Gasteiger charge is -2.08. The van der Waals surface area contributed by atoms with E-state index in [0.29, 0.717) is 15.7 Å². The molecule has 1 heterocycles. The van der Waals surface area contributed by atoms with Gasteiger partial charge in [-0.25, -0.2) is 13.8 Å². The summed E-state index contributed by atoms with van der Waals surface area (Å²) in [4.78, 5) is 7.04. The summed E-state index contributed by atoms with van der Waals surface area (Å²) in [5, 5.41) is 0. The Kier molecular flexibility index (Phi) is 2.94. The highest BCUT2D eigenvalue weighted by Gasteiger charge is 2.10. The van der Waals surface area contributed by atoms with Crippen LogP contribution in [-0.2, 0) is 0 Å². The fourth-order valence-corrected chi connectivity index (χ4v) is 2.12. The van der Waals surface area contributed by atoms with E-state index in [1.807, 2.05) is 0 Å². The molecule has 1 aromatic heterocycles. The van der Waals surface area contributed by atoms with E-state index < -0.39 is 11.6 Å². The zero-order valence-corrected chi connectivity index (χ0v) is 11.0. The number of hydrogen-bond acceptors (Lipinski definition) is 2. The number of hydrogen-bond donors (Lipinski definition) is 1. The van der Waals surface area contributed by atoms with Crippen LogP contribution in [0.25, 0.3) is 11.0 Å². The van der Waals surface area contributed by atoms with Gasteiger partial charge in [0.1, 0.15) is 11.6 Å². The molecule has 0 saturated carbocycles. The molecule has 3 rings (SSSR count). The van der Waals surface area contributed by atoms with E-state index in [1.165, 1.54) is 6.07 Å². The Labute approximate surface area is 115 Å². The number of ether oxygens (including phenoxy) is 1. The molecule has 19 heavy (non-hydrogen) atoms. The summed E-state index contributed by atoms with van der Waals surface area (Å²) < 4.78 is 32.4. The number of nitrogens with one attached hydrogen (secondary N) is 1. The third-order valence-corrected chi connectivity index (χ3v) is 3.21. The minimum atomic E-state index is -0.756. The van der Waals surface area contributed by atoms with Crippen LogP contribution in [0, 0.1) is 11.6 Å². The van der Waals surface area contributed by atoms with Crippen LogP contribution in [-0.4, -0.2) is 9.97 Å². The molecule has 6 heteroatoms. The van der Waals surface area contributed by atoms with E-state index in [1.54, 1.807) is 18.5 Å². The molecule has 0 fully saturated rings. The summed E-state index contributed by atoms with van der Waals surface area (Å²) in [6.07, 6.45) is 1.55. The van der Waals surface area contributed by atoms with Gasteiger partial charge in [0.2, 0.25) is 0 Å². The molecule has 96 valence electrons. The molecule has 0 amide bonds. The number of aromatic nitrogens is 2. The van der Waals surface area contributed by atoms with Crippen molar-refractivity contribution in [1.29, 1.82) is 0 Å². The van der Waals surface area contributed by atoms with Gasteiger partial charge >= 0.3 is 0 Å². The van der Waals surface area contributed by atoms with Crippen LogP contribution >= 0.6 is 15.9 Å². The van der Waals surface area contributed by atoms with Crippen molar-refractivity contribution >= 4 is 27.0 Å². The Balaban J connectivity index is 2.02. The zero-order chi connectivity index (χ0) is 13.4. The highest BCUT2D eigenvalue weighted by Crippen LogP contribution is 2.33. The SMILES string of the molecule is Fc1ccc(Oc2cc3nc[nH]c3cc2Br)c(F)c1. The molecule has 0 radical (unpaired) electrons. The van der Waals surface area contributed by atoms with E-state index in [0.717, 1.165) is 17.6 Å². The molecule has 1 N–H and O–H groups in total. The Morgan fingerprint density at radius 1 is 1.11 bits per heavy atom. The highest BCUT2D eigenvalue weighted by molar-refractivity contribution is 9.10. The van der Waals surface area contributed by atoms with Gasteiger partial charge in [-0.15, -0.1) is 0 Å². The molecular weight excluding hydrogens is 318 g/mol. The molecule has 3 aromatic rings. The van der Waals surface area contributed by atoms with Crippen molar-refractivity contribution in [1.82, 2.24) is 9.97 Å². The maximum absolute atomic E-state index is 13.5. The smallest absolute Gasteiger partial charge is 0.168 e. The van der Waals surface area contributed by atoms with E-state index in [4.69, 9.17) is 4.74 Å². The number of rotatable bonds is 2. The van der Waals surface area contributed by atoms with Crippen molar-refractivity contribution in [3.8, 4) is 11.5 Å². The number of halogens is 3. The molecule has 0 saturated heterocycles. The minimum Gasteiger partial charge on any atom is -0.453 e. The van der Waals surface area contributed by atoms with E-state index in [9.17, 15) is 8.78 Å². The monoisotopic (exact) mass is 324 g/mol. The zero-order valence-electron chi connectivity index (χ0n) is 9.45. The molecule has 3 nitrogen and oxygen atoms in total. The molecule has 2 aromatic carbocycles. The summed E-state index contributed by atoms with van der Waals surface area (Å²) in [6, 6.07) is 6.60. The Bertz CT molecular complexity index is 757. The summed E-state index contributed by atoms with van der Waals surface area (Å²) in [7, 11) is 0. The molecule has 0 aliphatic heterocycles. The van der Waals surface area contributed by atoms with Gasteiger partial charge in [0.05, 0.1) is 21.8 Å². The van der Waals surface area contributed by atoms with Crippen LogP contribution in [0.2, 0.25) is 0 Å². The highest BCUT2D eigenvalue weighted by atomic mass is 79.9. The van der Waals surface area contributed by atoms with Crippen LogP contribution in [0.15, 0.2) is 41.1 Å². The second-order valence-electron chi connectivity index (χ2n) is 3.88. The summed E-state index contributed by atoms with van der Waals surface area (Å²) >= 11 is 3.33. The molecule has 0 spiro atoms. The molecule has 0 unspecified atom stereocenters. The predicted octanol–water partition coefficient (Wildman–Crippen LogP) is 4.40. The van der Waals surface area contributed by atoms with Gasteiger partial charge in [0, 0.05) is 12.1 Å². The van der Waals surface area contributed by atoms with E-state index in [-0.39, 0.29) is 5.75 Å². The van der Waals surface area contributed by atoms with Gasteiger partial charge in [-0.3, -0.25) is 0 Å². The molecule has 0 aliphatic carbocycles. The first-order valence-corrected chi connectivity index (χ1v) is 6.18. The molecule has 0 atom stereocenters. The predicted molar refractivity (Wildman–Crippen MR) is 70.2 cm³/mol. The van der Waals surface area contributed by atoms with Gasteiger partial charge in [-0.2, -0.15) is 0 Å². The van der Waals surface area contributed by atoms with Crippen molar-refractivity contribution in [3.05, 3.63) is 52.8 Å². The fourth-order valence-electron chi connectivity index (χ4n) is 1.69. The van der Waals surface area contributed by atoms with Crippen molar-refractivity contribution in [2.75, 3.05) is 0 Å². The number of imidazole rings is 1. The van der Waals surface area contributed by atoms with Crippen molar-refractivity contribution < 1.29 is 13.5 Å². The van der Waals surface area contributed by atoms with Crippen LogP contribution in [0.1, 0.15) is 0 Å². The van der Waals surface area contributed by atoms with E-state index in [2.05, 4.69) is 25.9 Å². The average Bonchev–Trinajstić information content (AvgIpc) is 2.80.